The van der Waals surface area contributed by atoms with Crippen molar-refractivity contribution in [1.29, 1.82) is 5.26 Å². The summed E-state index contributed by atoms with van der Waals surface area (Å²) in [5, 5.41) is 12.6. The number of anilines is 1. The van der Waals surface area contributed by atoms with Gasteiger partial charge in [0.15, 0.2) is 11.5 Å². The van der Waals surface area contributed by atoms with E-state index in [9.17, 15) is 18.5 Å². The summed E-state index contributed by atoms with van der Waals surface area (Å²) in [4.78, 5) is 12.5. The second-order valence-corrected chi connectivity index (χ2v) is 9.85. The number of hydrogen-bond acceptors (Lipinski definition) is 6. The minimum absolute atomic E-state index is 0.0123. The van der Waals surface area contributed by atoms with Gasteiger partial charge in [0.05, 0.1) is 11.6 Å². The lowest BCUT2D eigenvalue weighted by Crippen LogP contribution is -2.13. The summed E-state index contributed by atoms with van der Waals surface area (Å²) in [6.07, 6.45) is 1.34. The number of ether oxygens (including phenoxy) is 1. The van der Waals surface area contributed by atoms with Crippen molar-refractivity contribution in [3.63, 3.8) is 0 Å². The van der Waals surface area contributed by atoms with Gasteiger partial charge in [0, 0.05) is 10.7 Å². The molecule has 0 unspecified atom stereocenters. The fourth-order valence-corrected chi connectivity index (χ4v) is 4.54. The molecule has 34 heavy (non-hydrogen) atoms. The van der Waals surface area contributed by atoms with E-state index in [-0.39, 0.29) is 26.4 Å². The van der Waals surface area contributed by atoms with E-state index in [0.29, 0.717) is 16.3 Å². The van der Waals surface area contributed by atoms with Crippen molar-refractivity contribution in [2.75, 3.05) is 12.4 Å². The van der Waals surface area contributed by atoms with E-state index < -0.39 is 16.0 Å². The van der Waals surface area contributed by atoms with E-state index in [1.807, 2.05) is 13.0 Å². The molecule has 0 aliphatic carbocycles. The van der Waals surface area contributed by atoms with Gasteiger partial charge in [-0.05, 0) is 83.0 Å². The zero-order valence-electron chi connectivity index (χ0n) is 18.0. The highest BCUT2D eigenvalue weighted by Gasteiger charge is 2.22. The summed E-state index contributed by atoms with van der Waals surface area (Å²) in [6, 6.07) is 17.5. The summed E-state index contributed by atoms with van der Waals surface area (Å²) in [5.74, 6) is -0.599. The molecular formula is C24H18BrClN2O5S. The lowest BCUT2D eigenvalue weighted by atomic mass is 10.1. The number of amides is 1. The standard InChI is InChI=1S/C24H18BrClN2O5S/c1-15-3-9-20(10-4-15)34(30,31)33-23-21(25)12-16(13-22(23)32-2)11-17(14-27)24(29)28-19-7-5-18(26)6-8-19/h3-13H,1-2H3,(H,28,29)/b17-11+. The number of nitriles is 1. The number of carbonyl (C=O) groups excluding carboxylic acids is 1. The van der Waals surface area contributed by atoms with Crippen LogP contribution in [0, 0.1) is 18.3 Å². The number of aryl methyl sites for hydroxylation is 1. The first-order valence-electron chi connectivity index (χ1n) is 9.70. The maximum absolute atomic E-state index is 12.7. The van der Waals surface area contributed by atoms with Gasteiger partial charge in [-0.1, -0.05) is 29.3 Å². The van der Waals surface area contributed by atoms with Gasteiger partial charge in [-0.25, -0.2) is 0 Å². The molecule has 3 rings (SSSR count). The first-order valence-corrected chi connectivity index (χ1v) is 12.3. The van der Waals surface area contributed by atoms with Crippen LogP contribution in [-0.2, 0) is 14.9 Å². The molecule has 174 valence electrons. The smallest absolute Gasteiger partial charge is 0.339 e. The molecule has 3 aromatic rings. The lowest BCUT2D eigenvalue weighted by Gasteiger charge is -2.14. The Labute approximate surface area is 210 Å². The molecule has 0 atom stereocenters. The highest BCUT2D eigenvalue weighted by molar-refractivity contribution is 9.10. The second-order valence-electron chi connectivity index (χ2n) is 7.02. The Balaban J connectivity index is 1.90. The summed E-state index contributed by atoms with van der Waals surface area (Å²) in [7, 11) is -2.78. The molecular weight excluding hydrogens is 544 g/mol. The van der Waals surface area contributed by atoms with Crippen molar-refractivity contribution < 1.29 is 22.1 Å². The van der Waals surface area contributed by atoms with E-state index >= 15 is 0 Å². The number of halogens is 2. The topological polar surface area (TPSA) is 105 Å². The SMILES string of the molecule is COc1cc(/C=C(\C#N)C(=O)Nc2ccc(Cl)cc2)cc(Br)c1OS(=O)(=O)c1ccc(C)cc1. The molecule has 7 nitrogen and oxygen atoms in total. The average Bonchev–Trinajstić information content (AvgIpc) is 2.80. The Hall–Kier alpha value is -3.32. The average molecular weight is 562 g/mol. The molecule has 0 bridgehead atoms. The molecule has 0 saturated carbocycles. The molecule has 1 amide bonds. The van der Waals surface area contributed by atoms with Crippen LogP contribution < -0.4 is 14.2 Å². The fraction of sp³-hybridized carbons (Fsp3) is 0.0833. The summed E-state index contributed by atoms with van der Waals surface area (Å²) in [5.41, 5.74) is 1.61. The number of rotatable bonds is 7. The van der Waals surface area contributed by atoms with Crippen LogP contribution in [0.3, 0.4) is 0 Å². The maximum atomic E-state index is 12.7. The van der Waals surface area contributed by atoms with E-state index in [1.165, 1.54) is 37.5 Å². The number of methoxy groups -OCH3 is 1. The van der Waals surface area contributed by atoms with Crippen LogP contribution >= 0.6 is 27.5 Å². The molecule has 0 fully saturated rings. The molecule has 0 saturated heterocycles. The first-order chi connectivity index (χ1) is 16.1. The maximum Gasteiger partial charge on any atom is 0.339 e. The third kappa shape index (κ3) is 6.17. The number of hydrogen-bond donors (Lipinski definition) is 1. The third-order valence-electron chi connectivity index (χ3n) is 4.53. The van der Waals surface area contributed by atoms with Crippen LogP contribution in [-0.4, -0.2) is 21.4 Å². The first kappa shape index (κ1) is 25.3. The van der Waals surface area contributed by atoms with Crippen molar-refractivity contribution in [3.05, 3.63) is 86.9 Å². The molecule has 0 heterocycles. The summed E-state index contributed by atoms with van der Waals surface area (Å²) >= 11 is 9.13. The molecule has 0 aliphatic rings. The van der Waals surface area contributed by atoms with Gasteiger partial charge in [-0.15, -0.1) is 0 Å². The van der Waals surface area contributed by atoms with E-state index in [4.69, 9.17) is 20.5 Å². The van der Waals surface area contributed by atoms with Gasteiger partial charge in [0.2, 0.25) is 0 Å². The van der Waals surface area contributed by atoms with Crippen LogP contribution in [0.1, 0.15) is 11.1 Å². The largest absolute Gasteiger partial charge is 0.493 e. The fourth-order valence-electron chi connectivity index (χ4n) is 2.81. The molecule has 0 aromatic heterocycles. The highest BCUT2D eigenvalue weighted by Crippen LogP contribution is 2.39. The minimum Gasteiger partial charge on any atom is -0.493 e. The molecule has 1 N–H and O–H groups in total. The number of carbonyl (C=O) groups is 1. The Morgan fingerprint density at radius 2 is 1.76 bits per heavy atom. The second kappa shape index (κ2) is 10.7. The quantitative estimate of drug-likeness (QED) is 0.224. The van der Waals surface area contributed by atoms with Crippen molar-refractivity contribution >= 4 is 55.3 Å². The minimum atomic E-state index is -4.13. The normalized spacial score (nSPS) is 11.4. The predicted molar refractivity (Wildman–Crippen MR) is 133 cm³/mol. The van der Waals surface area contributed by atoms with Crippen LogP contribution in [0.25, 0.3) is 6.08 Å². The number of nitrogens with one attached hydrogen (secondary N) is 1. The van der Waals surface area contributed by atoms with E-state index in [2.05, 4.69) is 21.2 Å². The monoisotopic (exact) mass is 560 g/mol. The van der Waals surface area contributed by atoms with Gasteiger partial charge in [-0.3, -0.25) is 4.79 Å². The van der Waals surface area contributed by atoms with Gasteiger partial charge < -0.3 is 14.2 Å². The van der Waals surface area contributed by atoms with Crippen LogP contribution in [0.2, 0.25) is 5.02 Å². The molecule has 10 heteroatoms. The number of nitrogens with zero attached hydrogens (tertiary/aromatic N) is 1. The predicted octanol–water partition coefficient (Wildman–Crippen LogP) is 5.73. The highest BCUT2D eigenvalue weighted by atomic mass is 79.9. The Morgan fingerprint density at radius 1 is 1.12 bits per heavy atom. The third-order valence-corrected chi connectivity index (χ3v) is 6.61. The molecule has 0 aliphatic heterocycles. The van der Waals surface area contributed by atoms with Crippen molar-refractivity contribution in [2.45, 2.75) is 11.8 Å². The van der Waals surface area contributed by atoms with Gasteiger partial charge in [0.25, 0.3) is 5.91 Å². The Morgan fingerprint density at radius 3 is 2.35 bits per heavy atom. The Kier molecular flexibility index (Phi) is 7.99. The van der Waals surface area contributed by atoms with Crippen LogP contribution in [0.15, 0.2) is 75.6 Å². The van der Waals surface area contributed by atoms with Gasteiger partial charge in [0.1, 0.15) is 16.5 Å². The zero-order valence-corrected chi connectivity index (χ0v) is 21.2. The lowest BCUT2D eigenvalue weighted by molar-refractivity contribution is -0.112. The van der Waals surface area contributed by atoms with Gasteiger partial charge in [-0.2, -0.15) is 13.7 Å². The molecule has 0 radical (unpaired) electrons. The number of benzene rings is 3. The van der Waals surface area contributed by atoms with E-state index in [0.717, 1.165) is 5.56 Å². The molecule has 3 aromatic carbocycles. The van der Waals surface area contributed by atoms with Crippen LogP contribution in [0.5, 0.6) is 11.5 Å². The van der Waals surface area contributed by atoms with Crippen LogP contribution in [0.4, 0.5) is 5.69 Å². The zero-order chi connectivity index (χ0) is 24.9. The Bertz CT molecular complexity index is 1400. The van der Waals surface area contributed by atoms with Crippen molar-refractivity contribution in [3.8, 4) is 17.6 Å². The van der Waals surface area contributed by atoms with Crippen molar-refractivity contribution in [1.82, 2.24) is 0 Å². The van der Waals surface area contributed by atoms with Gasteiger partial charge >= 0.3 is 10.1 Å². The molecule has 0 spiro atoms. The summed E-state index contributed by atoms with van der Waals surface area (Å²) < 4.78 is 36.3. The summed E-state index contributed by atoms with van der Waals surface area (Å²) in [6.45, 7) is 1.84. The van der Waals surface area contributed by atoms with Crippen molar-refractivity contribution in [2.24, 2.45) is 0 Å². The van der Waals surface area contributed by atoms with E-state index in [1.54, 1.807) is 36.4 Å².